The van der Waals surface area contributed by atoms with E-state index in [-0.39, 0.29) is 7.92 Å². The van der Waals surface area contributed by atoms with Gasteiger partial charge in [-0.1, -0.05) is 74.7 Å². The molecule has 1 heterocycles. The van der Waals surface area contributed by atoms with E-state index in [1.54, 1.807) is 5.30 Å². The lowest BCUT2D eigenvalue weighted by Crippen LogP contribution is -2.27. The van der Waals surface area contributed by atoms with Gasteiger partial charge in [0, 0.05) is 11.3 Å². The van der Waals surface area contributed by atoms with Gasteiger partial charge in [0.15, 0.2) is 0 Å². The highest BCUT2D eigenvalue weighted by Crippen LogP contribution is 2.67. The van der Waals surface area contributed by atoms with E-state index in [9.17, 15) is 0 Å². The summed E-state index contributed by atoms with van der Waals surface area (Å²) >= 11 is 0. The first-order valence-corrected chi connectivity index (χ1v) is 7.54. The molecule has 0 N–H and O–H groups in total. The standard InChI is InChI=1S/C16H13P/c1-2-8-14(9-3-1)17-15-10-12-6-4-5-7-13(12)11-16(15)17/h1-11,15-16H. The average Bonchev–Trinajstić information content (AvgIpc) is 3.10. The van der Waals surface area contributed by atoms with Crippen molar-refractivity contribution in [3.05, 3.63) is 65.0 Å². The Morgan fingerprint density at radius 1 is 0.647 bits per heavy atom. The molecule has 1 saturated heterocycles. The lowest BCUT2D eigenvalue weighted by molar-refractivity contribution is 1.28. The van der Waals surface area contributed by atoms with Crippen LogP contribution in [0.2, 0.25) is 0 Å². The van der Waals surface area contributed by atoms with Crippen LogP contribution in [0.25, 0.3) is 12.2 Å². The van der Waals surface area contributed by atoms with Gasteiger partial charge in [0.2, 0.25) is 0 Å². The van der Waals surface area contributed by atoms with Crippen LogP contribution in [0.15, 0.2) is 54.6 Å². The molecule has 0 bridgehead atoms. The highest BCUT2D eigenvalue weighted by molar-refractivity contribution is 7.75. The van der Waals surface area contributed by atoms with Gasteiger partial charge in [-0.2, -0.15) is 0 Å². The molecule has 2 aromatic carbocycles. The van der Waals surface area contributed by atoms with Gasteiger partial charge in [0.25, 0.3) is 0 Å². The number of hydrogen-bond acceptors (Lipinski definition) is 0. The van der Waals surface area contributed by atoms with Crippen LogP contribution in [0.4, 0.5) is 0 Å². The molecule has 2 aromatic rings. The minimum atomic E-state index is 0.0324. The molecule has 0 amide bonds. The SMILES string of the molecule is C1=c2ccccc2=CC2C1P2c1ccccc1. The minimum Gasteiger partial charge on any atom is -0.0679 e. The normalized spacial score (nSPS) is 28.4. The molecule has 1 aliphatic carbocycles. The van der Waals surface area contributed by atoms with Crippen molar-refractivity contribution < 1.29 is 0 Å². The average molecular weight is 236 g/mol. The summed E-state index contributed by atoms with van der Waals surface area (Å²) in [4.78, 5) is 0. The van der Waals surface area contributed by atoms with Gasteiger partial charge in [-0.05, 0) is 15.7 Å². The van der Waals surface area contributed by atoms with Crippen LogP contribution in [0.3, 0.4) is 0 Å². The van der Waals surface area contributed by atoms with Gasteiger partial charge in [0.05, 0.1) is 0 Å². The van der Waals surface area contributed by atoms with Crippen LogP contribution in [-0.4, -0.2) is 11.3 Å². The zero-order valence-electron chi connectivity index (χ0n) is 9.45. The van der Waals surface area contributed by atoms with Crippen molar-refractivity contribution in [3.8, 4) is 0 Å². The molecule has 0 aromatic heterocycles. The lowest BCUT2D eigenvalue weighted by Gasteiger charge is -1.96. The topological polar surface area (TPSA) is 0 Å². The molecular formula is C16H13P. The van der Waals surface area contributed by atoms with Crippen LogP contribution in [0, 0.1) is 0 Å². The van der Waals surface area contributed by atoms with Crippen molar-refractivity contribution in [2.75, 3.05) is 0 Å². The summed E-state index contributed by atoms with van der Waals surface area (Å²) < 4.78 is 0. The maximum Gasteiger partial charge on any atom is 0.0131 e. The van der Waals surface area contributed by atoms with Crippen molar-refractivity contribution in [3.63, 3.8) is 0 Å². The van der Waals surface area contributed by atoms with Crippen LogP contribution in [-0.2, 0) is 0 Å². The van der Waals surface area contributed by atoms with Gasteiger partial charge >= 0.3 is 0 Å². The van der Waals surface area contributed by atoms with Gasteiger partial charge < -0.3 is 0 Å². The Labute approximate surface area is 102 Å². The molecule has 4 rings (SSSR count). The number of benzene rings is 2. The summed E-state index contributed by atoms with van der Waals surface area (Å²) in [5.74, 6) is 0. The molecule has 2 atom stereocenters. The van der Waals surface area contributed by atoms with E-state index in [0.717, 1.165) is 11.3 Å². The maximum atomic E-state index is 2.48. The molecule has 0 saturated carbocycles. The lowest BCUT2D eigenvalue weighted by atomic mass is 10.1. The first kappa shape index (κ1) is 9.62. The van der Waals surface area contributed by atoms with E-state index in [1.807, 2.05) is 0 Å². The van der Waals surface area contributed by atoms with Crippen LogP contribution < -0.4 is 15.7 Å². The van der Waals surface area contributed by atoms with E-state index in [0.29, 0.717) is 0 Å². The molecule has 1 aliphatic heterocycles. The highest BCUT2D eigenvalue weighted by atomic mass is 31.1. The first-order valence-electron chi connectivity index (χ1n) is 6.06. The first-order chi connectivity index (χ1) is 8.43. The Hall–Kier alpha value is -1.39. The second-order valence-electron chi connectivity index (χ2n) is 4.69. The molecule has 82 valence electrons. The molecular weight excluding hydrogens is 223 g/mol. The molecule has 2 aliphatic rings. The monoisotopic (exact) mass is 236 g/mol. The second kappa shape index (κ2) is 3.55. The molecule has 1 fully saturated rings. The molecule has 17 heavy (non-hydrogen) atoms. The highest BCUT2D eigenvalue weighted by Gasteiger charge is 2.48. The van der Waals surface area contributed by atoms with E-state index in [1.165, 1.54) is 10.4 Å². The third-order valence-corrected chi connectivity index (χ3v) is 6.43. The summed E-state index contributed by atoms with van der Waals surface area (Å²) in [6.45, 7) is 0. The van der Waals surface area contributed by atoms with Crippen LogP contribution in [0.5, 0.6) is 0 Å². The predicted octanol–water partition coefficient (Wildman–Crippen LogP) is 1.82. The molecule has 0 radical (unpaired) electrons. The Bertz CT molecular complexity index is 631. The minimum absolute atomic E-state index is 0.0324. The quantitative estimate of drug-likeness (QED) is 0.663. The Balaban J connectivity index is 1.79. The third-order valence-electron chi connectivity index (χ3n) is 3.65. The van der Waals surface area contributed by atoms with E-state index in [4.69, 9.17) is 0 Å². The maximum absolute atomic E-state index is 2.48. The van der Waals surface area contributed by atoms with Gasteiger partial charge in [-0.25, -0.2) is 0 Å². The summed E-state index contributed by atoms with van der Waals surface area (Å²) in [7, 11) is 0.0324. The van der Waals surface area contributed by atoms with Gasteiger partial charge in [-0.15, -0.1) is 0 Å². The van der Waals surface area contributed by atoms with Gasteiger partial charge in [0.1, 0.15) is 0 Å². The van der Waals surface area contributed by atoms with Crippen LogP contribution >= 0.6 is 7.92 Å². The smallest absolute Gasteiger partial charge is 0.0131 e. The Kier molecular flexibility index (Phi) is 2.01. The van der Waals surface area contributed by atoms with E-state index < -0.39 is 0 Å². The van der Waals surface area contributed by atoms with Crippen molar-refractivity contribution in [2.24, 2.45) is 0 Å². The third kappa shape index (κ3) is 1.48. The summed E-state index contributed by atoms with van der Waals surface area (Å²) in [6, 6.07) is 19.7. The molecule has 1 heteroatoms. The summed E-state index contributed by atoms with van der Waals surface area (Å²) in [6.07, 6.45) is 4.97. The predicted molar refractivity (Wildman–Crippen MR) is 75.2 cm³/mol. The van der Waals surface area contributed by atoms with Crippen molar-refractivity contribution in [2.45, 2.75) is 11.3 Å². The molecule has 0 spiro atoms. The summed E-state index contributed by atoms with van der Waals surface area (Å²) in [5.41, 5.74) is 1.59. The van der Waals surface area contributed by atoms with E-state index >= 15 is 0 Å². The Morgan fingerprint density at radius 2 is 1.18 bits per heavy atom. The number of hydrogen-bond donors (Lipinski definition) is 0. The zero-order chi connectivity index (χ0) is 11.2. The largest absolute Gasteiger partial charge is 0.0679 e. The number of rotatable bonds is 1. The molecule has 2 unspecified atom stereocenters. The van der Waals surface area contributed by atoms with Crippen molar-refractivity contribution >= 4 is 25.4 Å². The van der Waals surface area contributed by atoms with Crippen molar-refractivity contribution in [1.29, 1.82) is 0 Å². The van der Waals surface area contributed by atoms with Crippen molar-refractivity contribution in [1.82, 2.24) is 0 Å². The summed E-state index contributed by atoms with van der Waals surface area (Å²) in [5, 5.41) is 4.40. The fraction of sp³-hybridized carbons (Fsp3) is 0.125. The van der Waals surface area contributed by atoms with E-state index in [2.05, 4.69) is 66.7 Å². The van der Waals surface area contributed by atoms with Gasteiger partial charge in [-0.3, -0.25) is 0 Å². The molecule has 0 nitrogen and oxygen atoms in total. The fourth-order valence-electron chi connectivity index (χ4n) is 2.75. The number of fused-ring (bicyclic) bond motifs is 2. The Morgan fingerprint density at radius 3 is 1.76 bits per heavy atom. The second-order valence-corrected chi connectivity index (χ2v) is 7.21. The fourth-order valence-corrected chi connectivity index (χ4v) is 5.51. The zero-order valence-corrected chi connectivity index (χ0v) is 10.3. The van der Waals surface area contributed by atoms with Crippen LogP contribution in [0.1, 0.15) is 0 Å².